The summed E-state index contributed by atoms with van der Waals surface area (Å²) in [6.07, 6.45) is -2.43. The van der Waals surface area contributed by atoms with E-state index in [4.69, 9.17) is 26.1 Å². The Morgan fingerprint density at radius 2 is 2.03 bits per heavy atom. The minimum atomic E-state index is -4.81. The fourth-order valence-corrected chi connectivity index (χ4v) is 6.15. The van der Waals surface area contributed by atoms with E-state index in [1.165, 1.54) is 24.3 Å². The summed E-state index contributed by atoms with van der Waals surface area (Å²) in [5.41, 5.74) is 0.335. The van der Waals surface area contributed by atoms with Crippen molar-refractivity contribution in [3.8, 4) is 0 Å². The number of halogens is 4. The predicted octanol–water partition coefficient (Wildman–Crippen LogP) is 2.98. The molecule has 186 valence electrons. The van der Waals surface area contributed by atoms with Crippen molar-refractivity contribution >= 4 is 38.1 Å². The molecule has 11 nitrogen and oxygen atoms in total. The van der Waals surface area contributed by atoms with Crippen LogP contribution in [0.5, 0.6) is 0 Å². The third kappa shape index (κ3) is 6.89. The molecule has 3 N–H and O–H groups in total. The SMILES string of the molecule is CO[C@H](COP(=O)(O)CP(=O)(O)O)C[C@H](F)c1cnc2c(N3CCC(F)(F)C3)cc(Cl)nn12. The second-order valence-electron chi connectivity index (χ2n) is 7.60. The Kier molecular flexibility index (Phi) is 7.82. The topological polar surface area (TPSA) is 147 Å². The normalized spacial score (nSPS) is 20.2. The highest BCUT2D eigenvalue weighted by Crippen LogP contribution is 2.55. The molecule has 1 saturated heterocycles. The van der Waals surface area contributed by atoms with E-state index in [2.05, 4.69) is 14.6 Å². The van der Waals surface area contributed by atoms with Gasteiger partial charge in [0.25, 0.3) is 5.92 Å². The highest BCUT2D eigenvalue weighted by molar-refractivity contribution is 7.70. The Bertz CT molecular complexity index is 1100. The number of ether oxygens (including phenoxy) is 1. The summed E-state index contributed by atoms with van der Waals surface area (Å²) < 4.78 is 76.0. The average Bonchev–Trinajstić information content (AvgIpc) is 3.25. The van der Waals surface area contributed by atoms with Crippen LogP contribution in [0.4, 0.5) is 18.9 Å². The highest BCUT2D eigenvalue weighted by Gasteiger charge is 2.39. The molecule has 2 aromatic heterocycles. The first-order valence-corrected chi connectivity index (χ1v) is 13.5. The molecule has 1 fully saturated rings. The van der Waals surface area contributed by atoms with Crippen LogP contribution in [-0.2, 0) is 18.4 Å². The van der Waals surface area contributed by atoms with E-state index in [9.17, 15) is 22.8 Å². The van der Waals surface area contributed by atoms with E-state index in [-0.39, 0.29) is 35.1 Å². The third-order valence-corrected chi connectivity index (χ3v) is 8.55. The van der Waals surface area contributed by atoms with E-state index in [0.717, 1.165) is 4.52 Å². The Morgan fingerprint density at radius 3 is 2.61 bits per heavy atom. The summed E-state index contributed by atoms with van der Waals surface area (Å²) in [6.45, 7) is -1.10. The van der Waals surface area contributed by atoms with Gasteiger partial charge in [0.2, 0.25) is 0 Å². The maximum atomic E-state index is 15.1. The quantitative estimate of drug-likeness (QED) is 0.387. The number of alkyl halides is 3. The fourth-order valence-electron chi connectivity index (χ4n) is 3.39. The van der Waals surface area contributed by atoms with Gasteiger partial charge in [-0.1, -0.05) is 11.6 Å². The molecule has 3 rings (SSSR count). The summed E-state index contributed by atoms with van der Waals surface area (Å²) in [5, 5.41) is 3.94. The van der Waals surface area contributed by atoms with Crippen molar-refractivity contribution < 1.29 is 46.2 Å². The molecule has 0 aromatic carbocycles. The van der Waals surface area contributed by atoms with E-state index in [1.54, 1.807) is 0 Å². The molecule has 0 spiro atoms. The van der Waals surface area contributed by atoms with Crippen molar-refractivity contribution in [2.45, 2.75) is 31.0 Å². The van der Waals surface area contributed by atoms with E-state index in [0.29, 0.717) is 0 Å². The molecule has 0 saturated carbocycles. The standard InChI is InChI=1S/C16H22ClF3N4O7P2/c1-30-10(7-31-33(28,29)9-32(25,26)27)4-11(18)13-6-21-15-12(5-14(17)22-24(13)15)23-3-2-16(19,20)8-23/h5-6,10-11H,2-4,7-9H2,1H3,(H,28,29)(H2,25,26,27)/t10-,11-/m0/s1. The first-order valence-electron chi connectivity index (χ1n) is 9.54. The minimum absolute atomic E-state index is 0.0587. The van der Waals surface area contributed by atoms with Gasteiger partial charge >= 0.3 is 15.2 Å². The van der Waals surface area contributed by atoms with Crippen molar-refractivity contribution in [2.24, 2.45) is 0 Å². The fraction of sp³-hybridized carbons (Fsp3) is 0.625. The summed E-state index contributed by atoms with van der Waals surface area (Å²) in [4.78, 5) is 32.7. The van der Waals surface area contributed by atoms with Gasteiger partial charge in [0.15, 0.2) is 16.7 Å². The number of nitrogens with zero attached hydrogens (tertiary/aromatic N) is 4. The molecule has 17 heteroatoms. The van der Waals surface area contributed by atoms with Crippen LogP contribution in [0.25, 0.3) is 5.65 Å². The van der Waals surface area contributed by atoms with Crippen LogP contribution in [0.2, 0.25) is 5.15 Å². The molecular formula is C16H22ClF3N4O7P2. The van der Waals surface area contributed by atoms with Gasteiger partial charge in [0, 0.05) is 32.6 Å². The molecule has 0 amide bonds. The molecule has 33 heavy (non-hydrogen) atoms. The maximum Gasteiger partial charge on any atom is 0.340 e. The molecular weight excluding hydrogens is 515 g/mol. The van der Waals surface area contributed by atoms with Gasteiger partial charge < -0.3 is 28.8 Å². The van der Waals surface area contributed by atoms with Gasteiger partial charge in [0.1, 0.15) is 6.17 Å². The van der Waals surface area contributed by atoms with Crippen LogP contribution < -0.4 is 4.90 Å². The van der Waals surface area contributed by atoms with Crippen molar-refractivity contribution in [1.29, 1.82) is 0 Å². The van der Waals surface area contributed by atoms with Crippen molar-refractivity contribution in [2.75, 3.05) is 37.6 Å². The molecule has 1 aliphatic heterocycles. The van der Waals surface area contributed by atoms with Crippen molar-refractivity contribution in [3.63, 3.8) is 0 Å². The third-order valence-electron chi connectivity index (χ3n) is 4.90. The molecule has 0 bridgehead atoms. The molecule has 3 heterocycles. The lowest BCUT2D eigenvalue weighted by Crippen LogP contribution is -2.25. The Balaban J connectivity index is 1.76. The van der Waals surface area contributed by atoms with Gasteiger partial charge in [-0.15, -0.1) is 0 Å². The Hall–Kier alpha value is -1.24. The van der Waals surface area contributed by atoms with Gasteiger partial charge in [-0.2, -0.15) is 5.10 Å². The summed E-state index contributed by atoms with van der Waals surface area (Å²) in [6, 6.07) is 1.37. The molecule has 1 unspecified atom stereocenters. The number of hydrogen-bond acceptors (Lipinski definition) is 7. The number of hydrogen-bond donors (Lipinski definition) is 3. The van der Waals surface area contributed by atoms with Crippen LogP contribution in [0.15, 0.2) is 12.3 Å². The molecule has 1 aliphatic rings. The zero-order chi connectivity index (χ0) is 24.6. The van der Waals surface area contributed by atoms with Gasteiger partial charge in [-0.05, 0) is 0 Å². The lowest BCUT2D eigenvalue weighted by Gasteiger charge is -2.21. The summed E-state index contributed by atoms with van der Waals surface area (Å²) >= 11 is 6.03. The number of imidazole rings is 1. The molecule has 0 radical (unpaired) electrons. The van der Waals surface area contributed by atoms with E-state index >= 15 is 4.39 Å². The highest BCUT2D eigenvalue weighted by atomic mass is 35.5. The van der Waals surface area contributed by atoms with Crippen molar-refractivity contribution in [3.05, 3.63) is 23.1 Å². The monoisotopic (exact) mass is 536 g/mol. The van der Waals surface area contributed by atoms with Crippen LogP contribution in [0.1, 0.15) is 24.7 Å². The van der Waals surface area contributed by atoms with Gasteiger partial charge in [0.05, 0.1) is 36.8 Å². The Labute approximate surface area is 191 Å². The van der Waals surface area contributed by atoms with Gasteiger partial charge in [-0.3, -0.25) is 9.13 Å². The second kappa shape index (κ2) is 9.79. The van der Waals surface area contributed by atoms with Crippen LogP contribution in [0, 0.1) is 0 Å². The van der Waals surface area contributed by atoms with Gasteiger partial charge in [-0.25, -0.2) is 22.7 Å². The second-order valence-corrected chi connectivity index (χ2v) is 12.0. The molecule has 0 aliphatic carbocycles. The predicted molar refractivity (Wildman–Crippen MR) is 112 cm³/mol. The maximum absolute atomic E-state index is 15.1. The Morgan fingerprint density at radius 1 is 1.33 bits per heavy atom. The average molecular weight is 537 g/mol. The molecule has 3 atom stereocenters. The minimum Gasteiger partial charge on any atom is -0.379 e. The zero-order valence-corrected chi connectivity index (χ0v) is 19.8. The number of fused-ring (bicyclic) bond motifs is 1. The van der Waals surface area contributed by atoms with E-state index < -0.39 is 58.9 Å². The lowest BCUT2D eigenvalue weighted by molar-refractivity contribution is 0.0257. The van der Waals surface area contributed by atoms with E-state index in [1.807, 2.05) is 0 Å². The zero-order valence-electron chi connectivity index (χ0n) is 17.2. The first-order chi connectivity index (χ1) is 15.2. The number of methoxy groups -OCH3 is 1. The number of rotatable bonds is 10. The van der Waals surface area contributed by atoms with Crippen LogP contribution in [0.3, 0.4) is 0 Å². The van der Waals surface area contributed by atoms with Crippen LogP contribution in [-0.4, -0.2) is 74.0 Å². The molecule has 2 aromatic rings. The van der Waals surface area contributed by atoms with Crippen LogP contribution >= 0.6 is 26.8 Å². The summed E-state index contributed by atoms with van der Waals surface area (Å²) in [7, 11) is -8.26. The van der Waals surface area contributed by atoms with Crippen molar-refractivity contribution in [1.82, 2.24) is 14.6 Å². The lowest BCUT2D eigenvalue weighted by atomic mass is 10.1. The summed E-state index contributed by atoms with van der Waals surface area (Å²) in [5.74, 6) is -4.26. The number of aromatic nitrogens is 3. The first kappa shape index (κ1) is 26.4. The smallest absolute Gasteiger partial charge is 0.340 e. The largest absolute Gasteiger partial charge is 0.379 e. The number of anilines is 1.